The molecule has 2 amide bonds. The fraction of sp³-hybridized carbons (Fsp3) is 0.517. The molecule has 1 saturated heterocycles. The fourth-order valence-corrected chi connectivity index (χ4v) is 6.15. The average molecular weight is 607 g/mol. The summed E-state index contributed by atoms with van der Waals surface area (Å²) in [6, 6.07) is 8.85. The lowest BCUT2D eigenvalue weighted by Crippen LogP contribution is -2.50. The number of morpholine rings is 1. The number of hydrogen-bond donors (Lipinski definition) is 2. The molecule has 230 valence electrons. The molecule has 2 aromatic carbocycles. The highest BCUT2D eigenvalue weighted by atomic mass is 32.2. The predicted octanol–water partition coefficient (Wildman–Crippen LogP) is 2.03. The largest absolute Gasteiger partial charge is 0.488 e. The lowest BCUT2D eigenvalue weighted by molar-refractivity contribution is -0.116. The van der Waals surface area contributed by atoms with Crippen molar-refractivity contribution in [2.45, 2.75) is 37.3 Å². The van der Waals surface area contributed by atoms with Crippen molar-refractivity contribution < 1.29 is 37.0 Å². The molecule has 2 aliphatic heterocycles. The number of aliphatic hydroxyl groups is 1. The van der Waals surface area contributed by atoms with Crippen LogP contribution >= 0.6 is 0 Å². The number of nitrogens with one attached hydrogen (secondary N) is 1. The van der Waals surface area contributed by atoms with E-state index in [0.717, 1.165) is 29.5 Å². The zero-order chi connectivity index (χ0) is 30.4. The smallest absolute Gasteiger partial charge is 0.258 e. The van der Waals surface area contributed by atoms with E-state index in [1.807, 2.05) is 6.92 Å². The van der Waals surface area contributed by atoms with Crippen molar-refractivity contribution in [1.82, 2.24) is 14.1 Å². The van der Waals surface area contributed by atoms with Gasteiger partial charge in [-0.05, 0) is 49.4 Å². The van der Waals surface area contributed by atoms with E-state index >= 15 is 0 Å². The highest BCUT2D eigenvalue weighted by molar-refractivity contribution is 7.89. The van der Waals surface area contributed by atoms with Gasteiger partial charge in [-0.15, -0.1) is 0 Å². The molecule has 0 aromatic heterocycles. The number of amides is 2. The zero-order valence-corrected chi connectivity index (χ0v) is 25.0. The Kier molecular flexibility index (Phi) is 10.5. The molecule has 0 radical (unpaired) electrons. The minimum atomic E-state index is -3.95. The Morgan fingerprint density at radius 1 is 1.19 bits per heavy atom. The Morgan fingerprint density at radius 2 is 1.88 bits per heavy atom. The van der Waals surface area contributed by atoms with Gasteiger partial charge >= 0.3 is 0 Å². The maximum atomic E-state index is 13.7. The topological polar surface area (TPSA) is 129 Å². The van der Waals surface area contributed by atoms with Gasteiger partial charge in [0.15, 0.2) is 0 Å². The Bertz CT molecular complexity index is 1350. The Labute approximate surface area is 246 Å². The summed E-state index contributed by atoms with van der Waals surface area (Å²) >= 11 is 0. The SMILES string of the molecule is C[C@H](CO)N1C[C@H](C)[C@@H](CN(C)S(=O)(=O)c2ccc(F)cc2)Oc2ccc(NC(=O)CCN3CCOCC3)cc2C1=O. The molecule has 1 fully saturated rings. The van der Waals surface area contributed by atoms with E-state index in [-0.39, 0.29) is 60.1 Å². The summed E-state index contributed by atoms with van der Waals surface area (Å²) < 4.78 is 52.6. The fourth-order valence-electron chi connectivity index (χ4n) is 4.96. The van der Waals surface area contributed by atoms with E-state index in [0.29, 0.717) is 25.4 Å². The third-order valence-corrected chi connectivity index (χ3v) is 9.50. The number of carbonyl (C=O) groups is 2. The first-order chi connectivity index (χ1) is 20.0. The maximum Gasteiger partial charge on any atom is 0.258 e. The second-order valence-electron chi connectivity index (χ2n) is 10.8. The number of fused-ring (bicyclic) bond motifs is 1. The van der Waals surface area contributed by atoms with Gasteiger partial charge in [0.05, 0.1) is 42.9 Å². The van der Waals surface area contributed by atoms with E-state index in [2.05, 4.69) is 10.2 Å². The number of nitrogens with zero attached hydrogens (tertiary/aromatic N) is 3. The number of rotatable bonds is 10. The Morgan fingerprint density at radius 3 is 2.55 bits per heavy atom. The molecular formula is C29H39FN4O7S. The monoisotopic (exact) mass is 606 g/mol. The van der Waals surface area contributed by atoms with E-state index in [4.69, 9.17) is 9.47 Å². The summed E-state index contributed by atoms with van der Waals surface area (Å²) in [6.07, 6.45) is -0.386. The summed E-state index contributed by atoms with van der Waals surface area (Å²) in [7, 11) is -2.53. The van der Waals surface area contributed by atoms with Crippen LogP contribution in [0, 0.1) is 11.7 Å². The highest BCUT2D eigenvalue weighted by Crippen LogP contribution is 2.31. The summed E-state index contributed by atoms with van der Waals surface area (Å²) in [6.45, 7) is 6.89. The summed E-state index contributed by atoms with van der Waals surface area (Å²) in [5.74, 6) is -1.18. The van der Waals surface area contributed by atoms with Gasteiger partial charge in [0.25, 0.3) is 5.91 Å². The molecule has 13 heteroatoms. The summed E-state index contributed by atoms with van der Waals surface area (Å²) in [4.78, 5) is 30.0. The van der Waals surface area contributed by atoms with E-state index < -0.39 is 28.0 Å². The van der Waals surface area contributed by atoms with Gasteiger partial charge in [0.2, 0.25) is 15.9 Å². The maximum absolute atomic E-state index is 13.7. The quantitative estimate of drug-likeness (QED) is 0.421. The number of sulfonamides is 1. The number of anilines is 1. The third-order valence-electron chi connectivity index (χ3n) is 7.67. The molecule has 2 N–H and O–H groups in total. The first kappa shape index (κ1) is 31.8. The lowest BCUT2D eigenvalue weighted by Gasteiger charge is -2.38. The van der Waals surface area contributed by atoms with Crippen molar-refractivity contribution in [3.63, 3.8) is 0 Å². The molecule has 3 atom stereocenters. The number of benzene rings is 2. The molecule has 0 aliphatic carbocycles. The van der Waals surface area contributed by atoms with Gasteiger partial charge in [-0.3, -0.25) is 14.5 Å². The van der Waals surface area contributed by atoms with Crippen LogP contribution in [-0.2, 0) is 19.6 Å². The average Bonchev–Trinajstić information content (AvgIpc) is 2.98. The molecule has 2 aliphatic rings. The molecule has 0 bridgehead atoms. The third kappa shape index (κ3) is 7.64. The van der Waals surface area contributed by atoms with Crippen molar-refractivity contribution in [3.8, 4) is 5.75 Å². The van der Waals surface area contributed by atoms with Crippen LogP contribution in [-0.4, -0.2) is 111 Å². The Balaban J connectivity index is 1.55. The van der Waals surface area contributed by atoms with Crippen LogP contribution in [0.25, 0.3) is 0 Å². The minimum Gasteiger partial charge on any atom is -0.488 e. The van der Waals surface area contributed by atoms with Crippen LogP contribution in [0.3, 0.4) is 0 Å². The molecule has 42 heavy (non-hydrogen) atoms. The van der Waals surface area contributed by atoms with Gasteiger partial charge in [-0.2, -0.15) is 4.31 Å². The molecule has 2 aromatic rings. The number of halogens is 1. The van der Waals surface area contributed by atoms with Crippen LogP contribution < -0.4 is 10.1 Å². The zero-order valence-electron chi connectivity index (χ0n) is 24.2. The molecule has 0 spiro atoms. The van der Waals surface area contributed by atoms with E-state index in [1.54, 1.807) is 25.1 Å². The van der Waals surface area contributed by atoms with Gasteiger partial charge in [-0.1, -0.05) is 6.92 Å². The van der Waals surface area contributed by atoms with Gasteiger partial charge < -0.3 is 24.8 Å². The summed E-state index contributed by atoms with van der Waals surface area (Å²) in [5.41, 5.74) is 0.623. The van der Waals surface area contributed by atoms with Crippen molar-refractivity contribution >= 4 is 27.5 Å². The number of aliphatic hydroxyl groups excluding tert-OH is 1. The van der Waals surface area contributed by atoms with E-state index in [1.165, 1.54) is 24.1 Å². The van der Waals surface area contributed by atoms with Crippen molar-refractivity contribution in [1.29, 1.82) is 0 Å². The van der Waals surface area contributed by atoms with Crippen LogP contribution in [0.15, 0.2) is 47.4 Å². The number of ether oxygens (including phenoxy) is 2. The number of hydrogen-bond acceptors (Lipinski definition) is 8. The second kappa shape index (κ2) is 13.9. The molecule has 11 nitrogen and oxygen atoms in total. The molecular weight excluding hydrogens is 567 g/mol. The van der Waals surface area contributed by atoms with Gasteiger partial charge in [0.1, 0.15) is 17.7 Å². The van der Waals surface area contributed by atoms with Crippen LogP contribution in [0.4, 0.5) is 10.1 Å². The minimum absolute atomic E-state index is 0.0458. The summed E-state index contributed by atoms with van der Waals surface area (Å²) in [5, 5.41) is 12.8. The first-order valence-electron chi connectivity index (χ1n) is 14.0. The van der Waals surface area contributed by atoms with Crippen molar-refractivity contribution in [2.24, 2.45) is 5.92 Å². The van der Waals surface area contributed by atoms with Crippen LogP contribution in [0.2, 0.25) is 0 Å². The highest BCUT2D eigenvalue weighted by Gasteiger charge is 2.35. The number of carbonyl (C=O) groups excluding carboxylic acids is 2. The van der Waals surface area contributed by atoms with Crippen molar-refractivity contribution in [2.75, 3.05) is 64.9 Å². The van der Waals surface area contributed by atoms with Crippen molar-refractivity contribution in [3.05, 3.63) is 53.8 Å². The molecule has 0 unspecified atom stereocenters. The standard InChI is InChI=1S/C29H39FN4O7S/c1-20-17-34(21(2)19-35)29(37)25-16-23(31-28(36)10-11-33-12-14-40-15-13-33)6-9-26(25)41-27(20)18-32(3)42(38,39)24-7-4-22(30)5-8-24/h4-9,16,20-21,27,35H,10-15,17-19H2,1-3H3,(H,31,36)/t20-,21+,27+/m0/s1. The van der Waals surface area contributed by atoms with Gasteiger partial charge in [0, 0.05) is 51.3 Å². The van der Waals surface area contributed by atoms with Crippen LogP contribution in [0.5, 0.6) is 5.75 Å². The first-order valence-corrected chi connectivity index (χ1v) is 15.5. The predicted molar refractivity (Wildman–Crippen MR) is 154 cm³/mol. The van der Waals surface area contributed by atoms with Crippen LogP contribution in [0.1, 0.15) is 30.6 Å². The Hall–Kier alpha value is -3.10. The molecule has 2 heterocycles. The number of likely N-dealkylation sites (N-methyl/N-ethyl adjacent to an activating group) is 1. The molecule has 0 saturated carbocycles. The lowest BCUT2D eigenvalue weighted by atomic mass is 9.99. The second-order valence-corrected chi connectivity index (χ2v) is 12.9. The van der Waals surface area contributed by atoms with Gasteiger partial charge in [-0.25, -0.2) is 12.8 Å². The van der Waals surface area contributed by atoms with E-state index in [9.17, 15) is 27.5 Å². The normalized spacial score (nSPS) is 20.8. The molecule has 4 rings (SSSR count).